The zero-order valence-electron chi connectivity index (χ0n) is 14.7. The van der Waals surface area contributed by atoms with Crippen LogP contribution in [0.15, 0.2) is 34.1 Å². The number of pyridine rings is 1. The fourth-order valence-electron chi connectivity index (χ4n) is 2.66. The summed E-state index contributed by atoms with van der Waals surface area (Å²) in [6.45, 7) is 5.30. The van der Waals surface area contributed by atoms with E-state index in [0.29, 0.717) is 39.3 Å². The Bertz CT molecular complexity index is 952. The molecule has 3 rings (SSSR count). The van der Waals surface area contributed by atoms with Crippen molar-refractivity contribution in [2.45, 2.75) is 26.7 Å². The van der Waals surface area contributed by atoms with E-state index in [1.54, 1.807) is 29.3 Å². The van der Waals surface area contributed by atoms with Gasteiger partial charge >= 0.3 is 0 Å². The zero-order chi connectivity index (χ0) is 18.7. The van der Waals surface area contributed by atoms with Gasteiger partial charge in [-0.05, 0) is 31.1 Å². The third-order valence-electron chi connectivity index (χ3n) is 3.91. The minimum atomic E-state index is -0.213. The number of hydrogen-bond donors (Lipinski definition) is 1. The molecule has 0 spiro atoms. The van der Waals surface area contributed by atoms with Crippen LogP contribution in [0.1, 0.15) is 32.3 Å². The van der Waals surface area contributed by atoms with Crippen LogP contribution in [-0.4, -0.2) is 37.6 Å². The molecule has 0 saturated carbocycles. The monoisotopic (exact) mass is 388 g/mol. The Morgan fingerprint density at radius 1 is 1.27 bits per heavy atom. The van der Waals surface area contributed by atoms with Crippen LogP contribution in [-0.2, 0) is 4.79 Å². The van der Waals surface area contributed by atoms with Gasteiger partial charge in [0.25, 0.3) is 11.5 Å². The van der Waals surface area contributed by atoms with Gasteiger partial charge in [-0.1, -0.05) is 43.9 Å². The van der Waals surface area contributed by atoms with Crippen LogP contribution in [0.5, 0.6) is 0 Å². The van der Waals surface area contributed by atoms with Crippen LogP contribution in [0.25, 0.3) is 11.7 Å². The van der Waals surface area contributed by atoms with Crippen LogP contribution in [0.2, 0.25) is 0 Å². The van der Waals surface area contributed by atoms with Gasteiger partial charge in [-0.25, -0.2) is 4.98 Å². The smallest absolute Gasteiger partial charge is 0.267 e. The van der Waals surface area contributed by atoms with E-state index in [1.165, 1.54) is 16.2 Å². The number of fused-ring (bicyclic) bond motifs is 1. The van der Waals surface area contributed by atoms with E-state index >= 15 is 0 Å². The summed E-state index contributed by atoms with van der Waals surface area (Å²) in [4.78, 5) is 32.2. The van der Waals surface area contributed by atoms with Crippen molar-refractivity contribution in [3.63, 3.8) is 0 Å². The lowest BCUT2D eigenvalue weighted by Crippen LogP contribution is -2.28. The molecule has 2 aromatic rings. The maximum atomic E-state index is 13.0. The molecule has 1 amide bonds. The Kier molecular flexibility index (Phi) is 5.73. The molecule has 1 N–H and O–H groups in total. The molecule has 0 radical (unpaired) electrons. The molecule has 0 aliphatic carbocycles. The second kappa shape index (κ2) is 8.01. The van der Waals surface area contributed by atoms with E-state index in [1.807, 2.05) is 19.9 Å². The third-order valence-corrected chi connectivity index (χ3v) is 5.29. The average molecular weight is 389 g/mol. The minimum absolute atomic E-state index is 0.152. The molecule has 0 atom stereocenters. The fraction of sp³-hybridized carbons (Fsp3) is 0.333. The first-order valence-corrected chi connectivity index (χ1v) is 9.80. The van der Waals surface area contributed by atoms with Crippen molar-refractivity contribution in [2.75, 3.05) is 18.4 Å². The first kappa shape index (κ1) is 18.6. The van der Waals surface area contributed by atoms with Gasteiger partial charge in [-0.3, -0.25) is 18.9 Å². The normalized spacial score (nSPS) is 16.1. The van der Waals surface area contributed by atoms with Gasteiger partial charge in [-0.2, -0.15) is 0 Å². The van der Waals surface area contributed by atoms with Crippen molar-refractivity contribution >= 4 is 51.7 Å². The van der Waals surface area contributed by atoms with Crippen LogP contribution < -0.4 is 10.9 Å². The quantitative estimate of drug-likeness (QED) is 0.606. The topological polar surface area (TPSA) is 66.7 Å². The van der Waals surface area contributed by atoms with Crippen LogP contribution >= 0.6 is 24.0 Å². The molecule has 2 aromatic heterocycles. The molecule has 0 bridgehead atoms. The van der Waals surface area contributed by atoms with E-state index in [-0.39, 0.29) is 11.5 Å². The highest BCUT2D eigenvalue weighted by molar-refractivity contribution is 8.26. The van der Waals surface area contributed by atoms with E-state index in [4.69, 9.17) is 12.2 Å². The molecule has 0 aromatic carbocycles. The number of carbonyl (C=O) groups excluding carboxylic acids is 1. The minimum Gasteiger partial charge on any atom is -0.369 e. The summed E-state index contributed by atoms with van der Waals surface area (Å²) in [5, 5.41) is 3.20. The van der Waals surface area contributed by atoms with E-state index < -0.39 is 0 Å². The van der Waals surface area contributed by atoms with Gasteiger partial charge in [0.05, 0.1) is 10.5 Å². The Morgan fingerprint density at radius 3 is 2.81 bits per heavy atom. The van der Waals surface area contributed by atoms with Gasteiger partial charge in [0.2, 0.25) is 0 Å². The van der Waals surface area contributed by atoms with Crippen LogP contribution in [0.3, 0.4) is 0 Å². The Hall–Kier alpha value is -2.19. The van der Waals surface area contributed by atoms with Gasteiger partial charge in [0, 0.05) is 19.3 Å². The van der Waals surface area contributed by atoms with Gasteiger partial charge in [0.15, 0.2) is 0 Å². The predicted molar refractivity (Wildman–Crippen MR) is 110 cm³/mol. The first-order valence-electron chi connectivity index (χ1n) is 8.57. The maximum Gasteiger partial charge on any atom is 0.267 e. The summed E-state index contributed by atoms with van der Waals surface area (Å²) in [6, 6.07) is 5.39. The summed E-state index contributed by atoms with van der Waals surface area (Å²) >= 11 is 6.53. The van der Waals surface area contributed by atoms with Crippen molar-refractivity contribution in [3.05, 3.63) is 45.2 Å². The first-order chi connectivity index (χ1) is 12.6. The summed E-state index contributed by atoms with van der Waals surface area (Å²) < 4.78 is 2.01. The van der Waals surface area contributed by atoms with Crippen molar-refractivity contribution in [1.29, 1.82) is 0 Å². The Balaban J connectivity index is 2.11. The van der Waals surface area contributed by atoms with Gasteiger partial charge in [0.1, 0.15) is 15.8 Å². The number of rotatable bonds is 6. The second-order valence-corrected chi connectivity index (χ2v) is 7.54. The number of nitrogens with zero attached hydrogens (tertiary/aromatic N) is 3. The lowest BCUT2D eigenvalue weighted by Gasteiger charge is -2.12. The summed E-state index contributed by atoms with van der Waals surface area (Å²) in [6.07, 6.45) is 5.01. The molecule has 1 fully saturated rings. The third kappa shape index (κ3) is 3.52. The molecule has 26 heavy (non-hydrogen) atoms. The Labute approximate surface area is 161 Å². The van der Waals surface area contributed by atoms with Crippen LogP contribution in [0.4, 0.5) is 5.82 Å². The number of aromatic nitrogens is 2. The van der Waals surface area contributed by atoms with Crippen molar-refractivity contribution in [1.82, 2.24) is 14.3 Å². The summed E-state index contributed by atoms with van der Waals surface area (Å²) in [5.41, 5.74) is 0.723. The number of carbonyl (C=O) groups is 1. The van der Waals surface area contributed by atoms with Gasteiger partial charge in [-0.15, -0.1) is 0 Å². The number of thioether (sulfide) groups is 1. The molecule has 8 heteroatoms. The molecule has 0 unspecified atom stereocenters. The number of amides is 1. The summed E-state index contributed by atoms with van der Waals surface area (Å²) in [7, 11) is 0. The summed E-state index contributed by atoms with van der Waals surface area (Å²) in [5.74, 6) is 0.338. The largest absolute Gasteiger partial charge is 0.369 e. The number of hydrogen-bond acceptors (Lipinski definition) is 6. The molecule has 136 valence electrons. The second-order valence-electron chi connectivity index (χ2n) is 5.87. The standard InChI is InChI=1S/C18H20N4O2S2/c1-3-8-19-15-12(16(23)21-10-6-5-7-14(21)20-15)11-13-17(24)22(9-4-2)18(25)26-13/h5-7,10-11,19H,3-4,8-9H2,1-2H3/b13-11-. The van der Waals surface area contributed by atoms with E-state index in [2.05, 4.69) is 10.3 Å². The highest BCUT2D eigenvalue weighted by Crippen LogP contribution is 2.33. The zero-order valence-corrected chi connectivity index (χ0v) is 16.3. The SMILES string of the molecule is CCCNc1nc2ccccn2c(=O)c1/C=C1\SC(=S)N(CCC)C1=O. The molecule has 1 aliphatic heterocycles. The lowest BCUT2D eigenvalue weighted by atomic mass is 10.2. The molecule has 3 heterocycles. The van der Waals surface area contributed by atoms with E-state index in [9.17, 15) is 9.59 Å². The molecule has 1 aliphatic rings. The molecule has 1 saturated heterocycles. The lowest BCUT2D eigenvalue weighted by molar-refractivity contribution is -0.122. The van der Waals surface area contributed by atoms with E-state index in [0.717, 1.165) is 12.8 Å². The van der Waals surface area contributed by atoms with Gasteiger partial charge < -0.3 is 5.32 Å². The fourth-order valence-corrected chi connectivity index (χ4v) is 3.95. The van der Waals surface area contributed by atoms with Crippen molar-refractivity contribution in [3.8, 4) is 0 Å². The highest BCUT2D eigenvalue weighted by Gasteiger charge is 2.31. The highest BCUT2D eigenvalue weighted by atomic mass is 32.2. The van der Waals surface area contributed by atoms with Crippen molar-refractivity contribution in [2.24, 2.45) is 0 Å². The molecule has 6 nitrogen and oxygen atoms in total. The number of thiocarbonyl (C=S) groups is 1. The predicted octanol–water partition coefficient (Wildman–Crippen LogP) is 3.13. The average Bonchev–Trinajstić information content (AvgIpc) is 2.90. The molecular formula is C18H20N4O2S2. The maximum absolute atomic E-state index is 13.0. The Morgan fingerprint density at radius 2 is 2.08 bits per heavy atom. The van der Waals surface area contributed by atoms with Crippen molar-refractivity contribution < 1.29 is 4.79 Å². The van der Waals surface area contributed by atoms with Crippen LogP contribution in [0, 0.1) is 0 Å². The molecular weight excluding hydrogens is 368 g/mol. The number of anilines is 1. The number of nitrogens with one attached hydrogen (secondary N) is 1.